The zero-order valence-corrected chi connectivity index (χ0v) is 12.9. The van der Waals surface area contributed by atoms with Gasteiger partial charge >= 0.3 is 0 Å². The largest absolute Gasteiger partial charge is 0.387 e. The fourth-order valence-corrected chi connectivity index (χ4v) is 4.16. The van der Waals surface area contributed by atoms with Crippen molar-refractivity contribution in [2.24, 2.45) is 0 Å². The molecule has 1 aliphatic carbocycles. The average Bonchev–Trinajstić information content (AvgIpc) is 3.38. The second-order valence-electron chi connectivity index (χ2n) is 6.56. The molecule has 1 heterocycles. The Morgan fingerprint density at radius 3 is 2.70 bits per heavy atom. The van der Waals surface area contributed by atoms with Gasteiger partial charge in [0.15, 0.2) is 0 Å². The van der Waals surface area contributed by atoms with Crippen LogP contribution in [0.3, 0.4) is 0 Å². The van der Waals surface area contributed by atoms with Gasteiger partial charge in [-0.1, -0.05) is 49.4 Å². The van der Waals surface area contributed by atoms with Crippen molar-refractivity contribution in [1.29, 1.82) is 0 Å². The highest BCUT2D eigenvalue weighted by molar-refractivity contribution is 6.10. The normalized spacial score (nSPS) is 28.7. The van der Waals surface area contributed by atoms with E-state index >= 15 is 0 Å². The minimum atomic E-state index is -0.866. The molecule has 3 heteroatoms. The molecule has 1 aliphatic heterocycles. The van der Waals surface area contributed by atoms with Crippen molar-refractivity contribution >= 4 is 21.5 Å². The van der Waals surface area contributed by atoms with Crippen LogP contribution in [0.4, 0.5) is 0 Å². The van der Waals surface area contributed by atoms with Gasteiger partial charge in [-0.05, 0) is 44.7 Å². The molecule has 3 aromatic rings. The van der Waals surface area contributed by atoms with Crippen molar-refractivity contribution in [3.63, 3.8) is 0 Å². The van der Waals surface area contributed by atoms with Crippen LogP contribution in [0.5, 0.6) is 0 Å². The van der Waals surface area contributed by atoms with E-state index in [1.54, 1.807) is 0 Å². The highest BCUT2D eigenvalue weighted by Gasteiger charge is 2.54. The Labute approximate surface area is 134 Å². The number of hydrogen-bond acceptors (Lipinski definition) is 3. The van der Waals surface area contributed by atoms with Gasteiger partial charge in [-0.2, -0.15) is 0 Å². The first kappa shape index (κ1) is 13.5. The fourth-order valence-electron chi connectivity index (χ4n) is 4.16. The number of epoxide rings is 1. The van der Waals surface area contributed by atoms with Crippen molar-refractivity contribution in [3.05, 3.63) is 59.2 Å². The van der Waals surface area contributed by atoms with E-state index < -0.39 is 12.2 Å². The summed E-state index contributed by atoms with van der Waals surface area (Å²) in [5.74, 6) is 0. The number of fused-ring (bicyclic) bond motifs is 7. The zero-order chi connectivity index (χ0) is 15.7. The lowest BCUT2D eigenvalue weighted by atomic mass is 9.81. The molecule has 2 aliphatic rings. The molecule has 3 nitrogen and oxygen atoms in total. The molecule has 0 spiro atoms. The Hall–Kier alpha value is -1.94. The van der Waals surface area contributed by atoms with E-state index in [9.17, 15) is 10.2 Å². The lowest BCUT2D eigenvalue weighted by Crippen LogP contribution is -2.29. The number of benzene rings is 3. The predicted molar refractivity (Wildman–Crippen MR) is 89.4 cm³/mol. The topological polar surface area (TPSA) is 53.0 Å². The first-order chi connectivity index (χ1) is 11.2. The first-order valence-corrected chi connectivity index (χ1v) is 8.19. The molecule has 0 amide bonds. The maximum Gasteiger partial charge on any atom is 0.118 e. The summed E-state index contributed by atoms with van der Waals surface area (Å²) in [6, 6.07) is 14.7. The molecular weight excluding hydrogens is 288 g/mol. The molecule has 23 heavy (non-hydrogen) atoms. The van der Waals surface area contributed by atoms with Gasteiger partial charge in [0.05, 0.1) is 0 Å². The number of rotatable bonds is 1. The van der Waals surface area contributed by atoms with E-state index in [1.165, 1.54) is 27.1 Å². The second-order valence-corrected chi connectivity index (χ2v) is 6.56. The van der Waals surface area contributed by atoms with Gasteiger partial charge < -0.3 is 14.9 Å². The van der Waals surface area contributed by atoms with Crippen molar-refractivity contribution in [3.8, 4) is 0 Å². The standard InChI is InChI=1S/C20H18O3/c1-2-10-9-11-5-3-4-6-12(11)13-7-8-14-16(15(10)13)19-20(23-19)18(22)17(14)21/h3-9,17-22H,2H2,1H3/t17-,18+,19-,20+/m0/s1. The van der Waals surface area contributed by atoms with Gasteiger partial charge in [0.1, 0.15) is 24.4 Å². The number of aliphatic hydroxyl groups excluding tert-OH is 2. The van der Waals surface area contributed by atoms with Crippen LogP contribution in [0.2, 0.25) is 0 Å². The number of aliphatic hydroxyl groups is 2. The van der Waals surface area contributed by atoms with Crippen LogP contribution in [0.15, 0.2) is 42.5 Å². The fraction of sp³-hybridized carbons (Fsp3) is 0.300. The van der Waals surface area contributed by atoms with Gasteiger partial charge in [0.25, 0.3) is 0 Å². The molecule has 1 fully saturated rings. The van der Waals surface area contributed by atoms with E-state index in [1.807, 2.05) is 6.07 Å². The lowest BCUT2D eigenvalue weighted by molar-refractivity contribution is 0.000104. The quantitative estimate of drug-likeness (QED) is 0.535. The van der Waals surface area contributed by atoms with Crippen molar-refractivity contribution in [1.82, 2.24) is 0 Å². The van der Waals surface area contributed by atoms with Crippen LogP contribution in [0, 0.1) is 0 Å². The molecule has 3 aromatic carbocycles. The van der Waals surface area contributed by atoms with Crippen molar-refractivity contribution < 1.29 is 14.9 Å². The van der Waals surface area contributed by atoms with E-state index in [0.29, 0.717) is 0 Å². The highest BCUT2D eigenvalue weighted by atomic mass is 16.6. The van der Waals surface area contributed by atoms with Crippen LogP contribution in [-0.2, 0) is 11.2 Å². The molecule has 0 bridgehead atoms. The first-order valence-electron chi connectivity index (χ1n) is 8.19. The molecule has 116 valence electrons. The monoisotopic (exact) mass is 306 g/mol. The van der Waals surface area contributed by atoms with Crippen LogP contribution in [0.1, 0.15) is 35.8 Å². The Bertz CT molecular complexity index is 946. The minimum Gasteiger partial charge on any atom is -0.387 e. The van der Waals surface area contributed by atoms with E-state index in [4.69, 9.17) is 4.74 Å². The molecule has 4 atom stereocenters. The van der Waals surface area contributed by atoms with Gasteiger partial charge in [-0.15, -0.1) is 0 Å². The molecule has 1 saturated heterocycles. The predicted octanol–water partition coefficient (Wildman–Crippen LogP) is 3.40. The van der Waals surface area contributed by atoms with Crippen molar-refractivity contribution in [2.45, 2.75) is 37.8 Å². The van der Waals surface area contributed by atoms with Crippen LogP contribution >= 0.6 is 0 Å². The summed E-state index contributed by atoms with van der Waals surface area (Å²) in [7, 11) is 0. The summed E-state index contributed by atoms with van der Waals surface area (Å²) in [6.45, 7) is 2.16. The summed E-state index contributed by atoms with van der Waals surface area (Å²) in [6.07, 6.45) is -1.11. The van der Waals surface area contributed by atoms with E-state index in [-0.39, 0.29) is 12.2 Å². The Balaban J connectivity index is 1.94. The molecule has 0 unspecified atom stereocenters. The van der Waals surface area contributed by atoms with Crippen LogP contribution in [0.25, 0.3) is 21.5 Å². The third-order valence-electron chi connectivity index (χ3n) is 5.35. The Morgan fingerprint density at radius 1 is 1.04 bits per heavy atom. The number of hydrogen-bond donors (Lipinski definition) is 2. The molecule has 5 rings (SSSR count). The summed E-state index contributed by atoms with van der Waals surface area (Å²) < 4.78 is 5.70. The third-order valence-corrected chi connectivity index (χ3v) is 5.35. The lowest BCUT2D eigenvalue weighted by Gasteiger charge is -2.25. The summed E-state index contributed by atoms with van der Waals surface area (Å²) in [5, 5.41) is 25.4. The molecule has 2 N–H and O–H groups in total. The van der Waals surface area contributed by atoms with Gasteiger partial charge in [-0.25, -0.2) is 0 Å². The molecular formula is C20H18O3. The smallest absolute Gasteiger partial charge is 0.118 e. The average molecular weight is 306 g/mol. The molecule has 0 saturated carbocycles. The number of ether oxygens (including phenoxy) is 1. The van der Waals surface area contributed by atoms with Crippen LogP contribution in [-0.4, -0.2) is 22.4 Å². The number of aryl methyl sites for hydroxylation is 1. The molecule has 0 aromatic heterocycles. The maximum atomic E-state index is 10.4. The highest BCUT2D eigenvalue weighted by Crippen LogP contribution is 2.53. The van der Waals surface area contributed by atoms with E-state index in [2.05, 4.69) is 43.3 Å². The van der Waals surface area contributed by atoms with Gasteiger partial charge in [-0.3, -0.25) is 0 Å². The summed E-state index contributed by atoms with van der Waals surface area (Å²) >= 11 is 0. The maximum absolute atomic E-state index is 10.4. The summed E-state index contributed by atoms with van der Waals surface area (Å²) in [5.41, 5.74) is 3.16. The SMILES string of the molecule is CCc1cc2ccccc2c2ccc3c(c12)[C@@H]1O[C@@H]1[C@H](O)[C@H]3O. The van der Waals surface area contributed by atoms with E-state index in [0.717, 1.165) is 17.5 Å². The zero-order valence-electron chi connectivity index (χ0n) is 12.9. The summed E-state index contributed by atoms with van der Waals surface area (Å²) in [4.78, 5) is 0. The Kier molecular flexibility index (Phi) is 2.66. The van der Waals surface area contributed by atoms with Gasteiger partial charge in [0.2, 0.25) is 0 Å². The minimum absolute atomic E-state index is 0.0847. The van der Waals surface area contributed by atoms with Crippen molar-refractivity contribution in [2.75, 3.05) is 0 Å². The van der Waals surface area contributed by atoms with Crippen LogP contribution < -0.4 is 0 Å². The Morgan fingerprint density at radius 2 is 1.87 bits per heavy atom. The molecule has 0 radical (unpaired) electrons. The third kappa shape index (κ3) is 1.70. The second kappa shape index (κ2) is 4.54. The van der Waals surface area contributed by atoms with Gasteiger partial charge in [0, 0.05) is 0 Å².